The van der Waals surface area contributed by atoms with Gasteiger partial charge in [-0.25, -0.2) is 4.68 Å². The van der Waals surface area contributed by atoms with Crippen LogP contribution in [0, 0.1) is 6.92 Å². The molecule has 156 valence electrons. The molecule has 4 heterocycles. The molecule has 0 bridgehead atoms. The molecule has 0 spiro atoms. The standard InChI is InChI=1S/C25H26N6/c1-16-25-21-4-2-18(17-6-10-26-11-7-17)15-22(21)24(9-13-31(25)30-29-16)28-20-3-5-23-19(14-20)8-12-27-23/h2-6,8,12,14-15,24,26-28H,7,9-11,13H2,1H3. The zero-order chi connectivity index (χ0) is 20.8. The van der Waals surface area contributed by atoms with Crippen molar-refractivity contribution in [3.8, 4) is 11.3 Å². The Labute approximate surface area is 181 Å². The van der Waals surface area contributed by atoms with Crippen LogP contribution in [0.5, 0.6) is 0 Å². The van der Waals surface area contributed by atoms with E-state index in [1.807, 2.05) is 6.20 Å². The van der Waals surface area contributed by atoms with Gasteiger partial charge in [0.15, 0.2) is 0 Å². The van der Waals surface area contributed by atoms with E-state index in [-0.39, 0.29) is 6.04 Å². The van der Waals surface area contributed by atoms with E-state index in [1.165, 1.54) is 27.6 Å². The summed E-state index contributed by atoms with van der Waals surface area (Å²) in [6.07, 6.45) is 6.34. The van der Waals surface area contributed by atoms with Gasteiger partial charge in [0.2, 0.25) is 0 Å². The SMILES string of the molecule is Cc1nnn2c1-c1ccc(C3=CCNCC3)cc1C(Nc1ccc3[nH]ccc3c1)CC2. The molecule has 2 aliphatic rings. The van der Waals surface area contributed by atoms with Crippen molar-refractivity contribution >= 4 is 22.2 Å². The van der Waals surface area contributed by atoms with Crippen LogP contribution in [-0.4, -0.2) is 33.1 Å². The molecule has 31 heavy (non-hydrogen) atoms. The molecule has 0 amide bonds. The van der Waals surface area contributed by atoms with Crippen molar-refractivity contribution in [3.63, 3.8) is 0 Å². The molecular formula is C25H26N6. The minimum Gasteiger partial charge on any atom is -0.378 e. The minimum atomic E-state index is 0.203. The van der Waals surface area contributed by atoms with Gasteiger partial charge in [0.1, 0.15) is 0 Å². The normalized spacial score (nSPS) is 18.2. The van der Waals surface area contributed by atoms with E-state index in [2.05, 4.69) is 86.1 Å². The summed E-state index contributed by atoms with van der Waals surface area (Å²) in [5.41, 5.74) is 9.76. The first-order chi connectivity index (χ1) is 15.3. The average molecular weight is 411 g/mol. The van der Waals surface area contributed by atoms with Gasteiger partial charge in [0.05, 0.1) is 17.4 Å². The van der Waals surface area contributed by atoms with E-state index in [9.17, 15) is 0 Å². The number of anilines is 1. The van der Waals surface area contributed by atoms with Crippen molar-refractivity contribution in [1.82, 2.24) is 25.3 Å². The highest BCUT2D eigenvalue weighted by Gasteiger charge is 2.26. The van der Waals surface area contributed by atoms with Crippen LogP contribution in [0.4, 0.5) is 5.69 Å². The summed E-state index contributed by atoms with van der Waals surface area (Å²) in [4.78, 5) is 3.28. The molecule has 0 saturated carbocycles. The summed E-state index contributed by atoms with van der Waals surface area (Å²) < 4.78 is 2.06. The van der Waals surface area contributed by atoms with Gasteiger partial charge >= 0.3 is 0 Å². The molecule has 3 N–H and O–H groups in total. The molecule has 6 rings (SSSR count). The van der Waals surface area contributed by atoms with Gasteiger partial charge in [-0.2, -0.15) is 0 Å². The van der Waals surface area contributed by atoms with Gasteiger partial charge in [-0.15, -0.1) is 5.10 Å². The van der Waals surface area contributed by atoms with E-state index in [0.29, 0.717) is 0 Å². The van der Waals surface area contributed by atoms with Gasteiger partial charge in [0, 0.05) is 41.4 Å². The highest BCUT2D eigenvalue weighted by atomic mass is 15.4. The quantitative estimate of drug-likeness (QED) is 0.459. The predicted molar refractivity (Wildman–Crippen MR) is 125 cm³/mol. The van der Waals surface area contributed by atoms with Crippen molar-refractivity contribution in [3.05, 3.63) is 71.6 Å². The molecule has 2 aromatic carbocycles. The Bertz CT molecular complexity index is 1290. The van der Waals surface area contributed by atoms with E-state index in [0.717, 1.165) is 55.1 Å². The first kappa shape index (κ1) is 18.4. The molecule has 0 radical (unpaired) electrons. The van der Waals surface area contributed by atoms with Crippen LogP contribution in [0.15, 0.2) is 54.7 Å². The molecule has 2 aromatic heterocycles. The summed E-state index contributed by atoms with van der Waals surface area (Å²) in [6, 6.07) is 15.8. The van der Waals surface area contributed by atoms with Crippen molar-refractivity contribution in [2.24, 2.45) is 0 Å². The fourth-order valence-corrected chi connectivity index (χ4v) is 4.94. The molecule has 1 unspecified atom stereocenters. The molecule has 1 atom stereocenters. The Hall–Kier alpha value is -3.38. The lowest BCUT2D eigenvalue weighted by atomic mass is 9.90. The van der Waals surface area contributed by atoms with Gasteiger partial charge in [-0.1, -0.05) is 23.4 Å². The number of fused-ring (bicyclic) bond motifs is 4. The van der Waals surface area contributed by atoms with E-state index in [1.54, 1.807) is 0 Å². The fraction of sp³-hybridized carbons (Fsp3) is 0.280. The van der Waals surface area contributed by atoms with E-state index >= 15 is 0 Å². The second-order valence-corrected chi connectivity index (χ2v) is 8.50. The Morgan fingerprint density at radius 3 is 3.00 bits per heavy atom. The first-order valence-corrected chi connectivity index (χ1v) is 11.0. The Balaban J connectivity index is 1.45. The smallest absolute Gasteiger partial charge is 0.0918 e. The van der Waals surface area contributed by atoms with Crippen LogP contribution in [0.2, 0.25) is 0 Å². The minimum absolute atomic E-state index is 0.203. The molecule has 2 aliphatic heterocycles. The lowest BCUT2D eigenvalue weighted by Gasteiger charge is -2.23. The zero-order valence-corrected chi connectivity index (χ0v) is 17.7. The molecule has 0 aliphatic carbocycles. The zero-order valence-electron chi connectivity index (χ0n) is 17.7. The predicted octanol–water partition coefficient (Wildman–Crippen LogP) is 4.67. The number of aryl methyl sites for hydroxylation is 2. The third-order valence-corrected chi connectivity index (χ3v) is 6.54. The Morgan fingerprint density at radius 1 is 1.13 bits per heavy atom. The number of aromatic amines is 1. The lowest BCUT2D eigenvalue weighted by Crippen LogP contribution is -2.20. The molecule has 0 saturated heterocycles. The number of hydrogen-bond donors (Lipinski definition) is 3. The van der Waals surface area contributed by atoms with Crippen molar-refractivity contribution in [2.45, 2.75) is 32.4 Å². The van der Waals surface area contributed by atoms with Gasteiger partial charge in [-0.3, -0.25) is 0 Å². The highest BCUT2D eigenvalue weighted by Crippen LogP contribution is 2.39. The van der Waals surface area contributed by atoms with Gasteiger partial charge in [0.25, 0.3) is 0 Å². The lowest BCUT2D eigenvalue weighted by molar-refractivity contribution is 0.539. The number of rotatable bonds is 3. The van der Waals surface area contributed by atoms with Crippen LogP contribution >= 0.6 is 0 Å². The number of nitrogens with zero attached hydrogens (tertiary/aromatic N) is 3. The number of aromatic nitrogens is 4. The highest BCUT2D eigenvalue weighted by molar-refractivity contribution is 5.83. The number of H-pyrrole nitrogens is 1. The Kier molecular flexibility index (Phi) is 4.39. The number of hydrogen-bond acceptors (Lipinski definition) is 4. The largest absolute Gasteiger partial charge is 0.378 e. The molecule has 6 nitrogen and oxygen atoms in total. The van der Waals surface area contributed by atoms with Crippen LogP contribution in [0.1, 0.15) is 35.7 Å². The van der Waals surface area contributed by atoms with Gasteiger partial charge in [-0.05, 0) is 73.3 Å². The van der Waals surface area contributed by atoms with Crippen LogP contribution in [0.25, 0.3) is 27.7 Å². The maximum Gasteiger partial charge on any atom is 0.0918 e. The molecule has 6 heteroatoms. The molecule has 4 aromatic rings. The summed E-state index contributed by atoms with van der Waals surface area (Å²) in [5.74, 6) is 0. The van der Waals surface area contributed by atoms with E-state index < -0.39 is 0 Å². The third-order valence-electron chi connectivity index (χ3n) is 6.54. The first-order valence-electron chi connectivity index (χ1n) is 11.0. The van der Waals surface area contributed by atoms with Crippen molar-refractivity contribution < 1.29 is 0 Å². The monoisotopic (exact) mass is 410 g/mol. The summed E-state index contributed by atoms with van der Waals surface area (Å²) in [7, 11) is 0. The number of nitrogens with one attached hydrogen (secondary N) is 3. The fourth-order valence-electron chi connectivity index (χ4n) is 4.94. The second-order valence-electron chi connectivity index (χ2n) is 8.50. The van der Waals surface area contributed by atoms with Crippen LogP contribution < -0.4 is 10.6 Å². The summed E-state index contributed by atoms with van der Waals surface area (Å²) in [5, 5.41) is 17.2. The molecular weight excluding hydrogens is 384 g/mol. The maximum absolute atomic E-state index is 4.42. The van der Waals surface area contributed by atoms with Crippen molar-refractivity contribution in [2.75, 3.05) is 18.4 Å². The van der Waals surface area contributed by atoms with Crippen LogP contribution in [-0.2, 0) is 6.54 Å². The average Bonchev–Trinajstić information content (AvgIpc) is 3.39. The maximum atomic E-state index is 4.42. The molecule has 0 fully saturated rings. The van der Waals surface area contributed by atoms with Gasteiger partial charge < -0.3 is 15.6 Å². The topological polar surface area (TPSA) is 70.6 Å². The Morgan fingerprint density at radius 2 is 2.10 bits per heavy atom. The van der Waals surface area contributed by atoms with Crippen LogP contribution in [0.3, 0.4) is 0 Å². The number of benzene rings is 2. The second kappa shape index (κ2) is 7.39. The van der Waals surface area contributed by atoms with E-state index in [4.69, 9.17) is 0 Å². The summed E-state index contributed by atoms with van der Waals surface area (Å²) in [6.45, 7) is 4.88. The summed E-state index contributed by atoms with van der Waals surface area (Å²) >= 11 is 0. The van der Waals surface area contributed by atoms with Crippen molar-refractivity contribution in [1.29, 1.82) is 0 Å². The third kappa shape index (κ3) is 3.24.